The van der Waals surface area contributed by atoms with E-state index >= 15 is 0 Å². The lowest BCUT2D eigenvalue weighted by molar-refractivity contribution is -0.837. The quantitative estimate of drug-likeness (QED) is 0.147. The van der Waals surface area contributed by atoms with E-state index in [1.165, 1.54) is 12.8 Å². The number of amidine groups is 1. The molecular formula is C20H37N2O6S+. The number of carbonyl (C=O) groups excluding carboxylic acids is 1. The number of ketones is 1. The normalized spacial score (nSPS) is 20.9. The van der Waals surface area contributed by atoms with Gasteiger partial charge in [0.1, 0.15) is 31.5 Å². The van der Waals surface area contributed by atoms with Crippen molar-refractivity contribution < 1.29 is 32.5 Å². The van der Waals surface area contributed by atoms with Gasteiger partial charge >= 0.3 is 0 Å². The first-order valence-corrected chi connectivity index (χ1v) is 12.1. The van der Waals surface area contributed by atoms with E-state index in [9.17, 15) is 23.4 Å². The van der Waals surface area contributed by atoms with Gasteiger partial charge in [0.05, 0.1) is 13.2 Å². The van der Waals surface area contributed by atoms with Crippen LogP contribution in [0, 0.1) is 0 Å². The summed E-state index contributed by atoms with van der Waals surface area (Å²) in [6, 6.07) is 0. The summed E-state index contributed by atoms with van der Waals surface area (Å²) in [5.41, 5.74) is 0. The van der Waals surface area contributed by atoms with Crippen LogP contribution in [0.1, 0.15) is 58.3 Å². The van der Waals surface area contributed by atoms with Crippen molar-refractivity contribution in [2.45, 2.75) is 64.4 Å². The van der Waals surface area contributed by atoms with Gasteiger partial charge in [-0.05, 0) is 26.2 Å². The van der Waals surface area contributed by atoms with E-state index in [1.807, 2.05) is 6.92 Å². The third-order valence-electron chi connectivity index (χ3n) is 5.24. The summed E-state index contributed by atoms with van der Waals surface area (Å²) in [7, 11) is -4.33. The Morgan fingerprint density at radius 3 is 2.48 bits per heavy atom. The zero-order valence-electron chi connectivity index (χ0n) is 17.5. The minimum Gasteiger partial charge on any atom is -0.390 e. The van der Waals surface area contributed by atoms with Crippen LogP contribution in [0.4, 0.5) is 0 Å². The van der Waals surface area contributed by atoms with Crippen LogP contribution in [0.5, 0.6) is 0 Å². The standard InChI is InChI=1S/C20H36N2O6S/c1-2-3-4-5-6-7-8-9-10-11-19(25)20-21-12-13-22(20,14-15-23)16-18(24)17-29(26,27)28/h2-3,18,23-24H,4-17H2,1H3/p+1/b3-2+. The van der Waals surface area contributed by atoms with Gasteiger partial charge < -0.3 is 10.2 Å². The molecule has 1 rings (SSSR count). The van der Waals surface area contributed by atoms with Crippen LogP contribution in [-0.2, 0) is 14.9 Å². The van der Waals surface area contributed by atoms with E-state index in [0.717, 1.165) is 32.1 Å². The molecular weight excluding hydrogens is 396 g/mol. The third-order valence-corrected chi connectivity index (χ3v) is 6.05. The maximum absolute atomic E-state index is 12.7. The van der Waals surface area contributed by atoms with Gasteiger partial charge in [-0.25, -0.2) is 4.99 Å². The molecule has 0 aromatic heterocycles. The molecule has 0 bridgehead atoms. The molecule has 0 saturated carbocycles. The smallest absolute Gasteiger partial charge is 0.267 e. The van der Waals surface area contributed by atoms with Crippen molar-refractivity contribution in [2.75, 3.05) is 38.5 Å². The van der Waals surface area contributed by atoms with Crippen LogP contribution in [-0.4, -0.2) is 83.9 Å². The Bertz CT molecular complexity index is 662. The Labute approximate surface area is 174 Å². The second kappa shape index (κ2) is 13.2. The molecule has 0 aromatic carbocycles. The van der Waals surface area contributed by atoms with Gasteiger partial charge in [0, 0.05) is 6.42 Å². The van der Waals surface area contributed by atoms with Crippen LogP contribution in [0.3, 0.4) is 0 Å². The van der Waals surface area contributed by atoms with E-state index in [4.69, 9.17) is 4.55 Å². The lowest BCUT2D eigenvalue weighted by Gasteiger charge is -2.34. The Morgan fingerprint density at radius 1 is 1.21 bits per heavy atom. The van der Waals surface area contributed by atoms with Gasteiger partial charge in [-0.15, -0.1) is 0 Å². The molecule has 0 saturated heterocycles. The molecule has 29 heavy (non-hydrogen) atoms. The molecule has 2 atom stereocenters. The number of hydrogen-bond donors (Lipinski definition) is 3. The van der Waals surface area contributed by atoms with Gasteiger partial charge in [-0.2, -0.15) is 8.42 Å². The van der Waals surface area contributed by atoms with Crippen LogP contribution in [0.15, 0.2) is 17.1 Å². The van der Waals surface area contributed by atoms with Crippen LogP contribution in [0.25, 0.3) is 0 Å². The maximum Gasteiger partial charge on any atom is 0.267 e. The maximum atomic E-state index is 12.7. The number of carbonyl (C=O) groups is 1. The van der Waals surface area contributed by atoms with E-state index in [0.29, 0.717) is 25.3 Å². The van der Waals surface area contributed by atoms with E-state index in [-0.39, 0.29) is 30.0 Å². The molecule has 9 heteroatoms. The molecule has 0 aromatic rings. The number of hydrogen-bond acceptors (Lipinski definition) is 6. The fourth-order valence-electron chi connectivity index (χ4n) is 3.87. The van der Waals surface area contributed by atoms with Gasteiger partial charge in [0.25, 0.3) is 16.0 Å². The molecule has 0 amide bonds. The second-order valence-electron chi connectivity index (χ2n) is 7.76. The van der Waals surface area contributed by atoms with Crippen molar-refractivity contribution in [2.24, 2.45) is 4.99 Å². The first kappa shape index (κ1) is 25.9. The molecule has 2 unspecified atom stereocenters. The van der Waals surface area contributed by atoms with Crippen molar-refractivity contribution in [3.63, 3.8) is 0 Å². The minimum absolute atomic E-state index is 0.0308. The average Bonchev–Trinajstić information content (AvgIpc) is 3.01. The number of aliphatic imine (C=N–C) groups is 1. The highest BCUT2D eigenvalue weighted by atomic mass is 32.2. The summed E-state index contributed by atoms with van der Waals surface area (Å²) in [5.74, 6) is -0.601. The summed E-state index contributed by atoms with van der Waals surface area (Å²) in [4.78, 5) is 17.0. The number of allylic oxidation sites excluding steroid dienone is 2. The molecule has 1 aliphatic rings. The number of aliphatic hydroxyl groups excluding tert-OH is 2. The molecule has 0 spiro atoms. The highest BCUT2D eigenvalue weighted by Gasteiger charge is 2.43. The largest absolute Gasteiger partial charge is 0.390 e. The third kappa shape index (κ3) is 9.95. The molecule has 168 valence electrons. The Kier molecular flexibility index (Phi) is 11.8. The number of rotatable bonds is 16. The number of Topliss-reactive ketones (excluding diaryl/α,β-unsaturated/α-hetero) is 1. The van der Waals surface area contributed by atoms with Crippen molar-refractivity contribution in [3.05, 3.63) is 12.2 Å². The molecule has 0 aliphatic carbocycles. The SMILES string of the molecule is C/C=C/CCCCCCCCC(=O)C1=NCC[N+]1(CCO)CC(O)CS(=O)(=O)O. The average molecular weight is 434 g/mol. The molecule has 0 fully saturated rings. The van der Waals surface area contributed by atoms with Crippen molar-refractivity contribution >= 4 is 21.7 Å². The Balaban J connectivity index is 2.50. The number of nitrogens with zero attached hydrogens (tertiary/aromatic N) is 2. The lowest BCUT2D eigenvalue weighted by Crippen LogP contribution is -2.59. The van der Waals surface area contributed by atoms with Crippen LogP contribution < -0.4 is 0 Å². The molecule has 1 aliphatic heterocycles. The molecule has 8 nitrogen and oxygen atoms in total. The Morgan fingerprint density at radius 2 is 1.86 bits per heavy atom. The van der Waals surface area contributed by atoms with Crippen molar-refractivity contribution in [1.82, 2.24) is 0 Å². The molecule has 1 heterocycles. The predicted octanol–water partition coefficient (Wildman–Crippen LogP) is 1.72. The zero-order chi connectivity index (χ0) is 21.8. The molecule has 3 N–H and O–H groups in total. The first-order valence-electron chi connectivity index (χ1n) is 10.5. The van der Waals surface area contributed by atoms with Crippen LogP contribution >= 0.6 is 0 Å². The van der Waals surface area contributed by atoms with Crippen LogP contribution in [0.2, 0.25) is 0 Å². The Hall–Kier alpha value is -1.13. The van der Waals surface area contributed by atoms with E-state index in [1.54, 1.807) is 0 Å². The topological polar surface area (TPSA) is 124 Å². The van der Waals surface area contributed by atoms with Crippen molar-refractivity contribution in [3.8, 4) is 0 Å². The summed E-state index contributed by atoms with van der Waals surface area (Å²) >= 11 is 0. The van der Waals surface area contributed by atoms with E-state index < -0.39 is 22.0 Å². The number of unbranched alkanes of at least 4 members (excludes halogenated alkanes) is 6. The lowest BCUT2D eigenvalue weighted by atomic mass is 10.1. The second-order valence-corrected chi connectivity index (χ2v) is 9.26. The fourth-order valence-corrected chi connectivity index (χ4v) is 4.46. The van der Waals surface area contributed by atoms with Gasteiger partial charge in [0.15, 0.2) is 0 Å². The number of quaternary nitrogens is 1. The number of aliphatic hydroxyl groups is 2. The highest BCUT2D eigenvalue weighted by molar-refractivity contribution is 7.85. The summed E-state index contributed by atoms with van der Waals surface area (Å²) in [6.45, 7) is 2.74. The fraction of sp³-hybridized carbons (Fsp3) is 0.800. The molecule has 0 radical (unpaired) electrons. The predicted molar refractivity (Wildman–Crippen MR) is 113 cm³/mol. The van der Waals surface area contributed by atoms with Crippen molar-refractivity contribution in [1.29, 1.82) is 0 Å². The first-order chi connectivity index (χ1) is 13.7. The van der Waals surface area contributed by atoms with E-state index in [2.05, 4.69) is 17.1 Å². The minimum atomic E-state index is -4.33. The van der Waals surface area contributed by atoms with Gasteiger partial charge in [0.2, 0.25) is 5.78 Å². The highest BCUT2D eigenvalue weighted by Crippen LogP contribution is 2.20. The summed E-state index contributed by atoms with van der Waals surface area (Å²) in [5, 5.41) is 19.5. The summed E-state index contributed by atoms with van der Waals surface area (Å²) in [6.07, 6.45) is 10.7. The van der Waals surface area contributed by atoms with Gasteiger partial charge in [-0.1, -0.05) is 37.8 Å². The summed E-state index contributed by atoms with van der Waals surface area (Å²) < 4.78 is 31.0. The zero-order valence-corrected chi connectivity index (χ0v) is 18.3. The monoisotopic (exact) mass is 433 g/mol. The van der Waals surface area contributed by atoms with Gasteiger partial charge in [-0.3, -0.25) is 13.8 Å².